The van der Waals surface area contributed by atoms with Gasteiger partial charge in [0.15, 0.2) is 0 Å². The number of nitrogens with zero attached hydrogens (tertiary/aromatic N) is 2. The van der Waals surface area contributed by atoms with Crippen LogP contribution in [-0.2, 0) is 0 Å². The van der Waals surface area contributed by atoms with Crippen LogP contribution in [0.25, 0.3) is 0 Å². The fourth-order valence-corrected chi connectivity index (χ4v) is 0.538. The minimum Gasteiger partial charge on any atom is -0.369 e. The molecule has 0 saturated carbocycles. The van der Waals surface area contributed by atoms with Gasteiger partial charge in [-0.15, -0.1) is 0 Å². The zero-order chi connectivity index (χ0) is 8.69. The van der Waals surface area contributed by atoms with Gasteiger partial charge in [-0.05, 0) is 12.8 Å². The van der Waals surface area contributed by atoms with Crippen LogP contribution in [0, 0.1) is 5.41 Å². The quantitative estimate of drug-likeness (QED) is 0.276. The molecule has 0 aromatic heterocycles. The second-order valence-electron chi connectivity index (χ2n) is 2.35. The first kappa shape index (κ1) is 9.94. The van der Waals surface area contributed by atoms with Gasteiger partial charge in [0.2, 0.25) is 5.96 Å². The van der Waals surface area contributed by atoms with Crippen molar-refractivity contribution in [2.24, 2.45) is 10.8 Å². The summed E-state index contributed by atoms with van der Waals surface area (Å²) in [6.45, 7) is 2.13. The summed E-state index contributed by atoms with van der Waals surface area (Å²) in [6.07, 6.45) is 5.03. The minimum atomic E-state index is -0.0299. The molecule has 0 aromatic rings. The van der Waals surface area contributed by atoms with Gasteiger partial charge in [0.25, 0.3) is 0 Å². The molecule has 64 valence electrons. The Hall–Kier alpha value is -1.06. The molecule has 3 N–H and O–H groups in total. The predicted molar refractivity (Wildman–Crippen MR) is 47.7 cm³/mol. The van der Waals surface area contributed by atoms with Crippen molar-refractivity contribution in [3.8, 4) is 0 Å². The van der Waals surface area contributed by atoms with Gasteiger partial charge in [0.1, 0.15) is 0 Å². The van der Waals surface area contributed by atoms with Crippen molar-refractivity contribution < 1.29 is 0 Å². The molecule has 0 heterocycles. The predicted octanol–water partition coefficient (Wildman–Crippen LogP) is 0.988. The van der Waals surface area contributed by atoms with Crippen LogP contribution in [0.2, 0.25) is 0 Å². The number of nitrogens with two attached hydrogens (primary N) is 1. The first-order chi connectivity index (χ1) is 5.18. The molecule has 0 unspecified atom stereocenters. The topological polar surface area (TPSA) is 65.5 Å². The number of nitrogens with one attached hydrogen (secondary N) is 1. The van der Waals surface area contributed by atoms with Gasteiger partial charge in [0, 0.05) is 13.3 Å². The summed E-state index contributed by atoms with van der Waals surface area (Å²) >= 11 is 0. The van der Waals surface area contributed by atoms with Crippen LogP contribution in [0.15, 0.2) is 5.10 Å². The zero-order valence-electron chi connectivity index (χ0n) is 7.17. The lowest BCUT2D eigenvalue weighted by atomic mass is 10.3. The summed E-state index contributed by atoms with van der Waals surface area (Å²) in [5.74, 6) is -0.0299. The monoisotopic (exact) mass is 156 g/mol. The van der Waals surface area contributed by atoms with E-state index in [9.17, 15) is 0 Å². The van der Waals surface area contributed by atoms with Crippen LogP contribution in [0.1, 0.15) is 26.2 Å². The highest BCUT2D eigenvalue weighted by Crippen LogP contribution is 1.90. The number of rotatable bonds is 4. The Bertz CT molecular complexity index is 141. The Labute approximate surface area is 67.6 Å². The lowest BCUT2D eigenvalue weighted by molar-refractivity contribution is 0.534. The number of hydrogen-bond donors (Lipinski definition) is 2. The van der Waals surface area contributed by atoms with E-state index in [-0.39, 0.29) is 5.96 Å². The first-order valence-corrected chi connectivity index (χ1v) is 3.78. The number of hydrazone groups is 1. The van der Waals surface area contributed by atoms with Crippen molar-refractivity contribution in [1.82, 2.24) is 5.01 Å². The average molecular weight is 156 g/mol. The molecule has 0 fully saturated rings. The van der Waals surface area contributed by atoms with Crippen molar-refractivity contribution in [3.05, 3.63) is 0 Å². The summed E-state index contributed by atoms with van der Waals surface area (Å²) in [6, 6.07) is 0. The Kier molecular flexibility index (Phi) is 5.15. The molecule has 4 heteroatoms. The van der Waals surface area contributed by atoms with Gasteiger partial charge in [-0.3, -0.25) is 5.41 Å². The van der Waals surface area contributed by atoms with Gasteiger partial charge in [-0.25, -0.2) is 5.01 Å². The molecule has 0 radical (unpaired) electrons. The molecule has 0 rings (SSSR count). The maximum Gasteiger partial charge on any atom is 0.208 e. The molecule has 0 aliphatic heterocycles. The number of unbranched alkanes of at least 4 members (excludes halogenated alkanes) is 2. The third kappa shape index (κ3) is 5.39. The summed E-state index contributed by atoms with van der Waals surface area (Å²) in [5.41, 5.74) is 5.15. The standard InChI is InChI=1S/C7H16N4/c1-3-4-5-6-10-11(2)7(8)9/h6H,3-5H2,1-2H3,(H3,8,9). The van der Waals surface area contributed by atoms with Crippen molar-refractivity contribution in [1.29, 1.82) is 5.41 Å². The Morgan fingerprint density at radius 3 is 2.82 bits per heavy atom. The van der Waals surface area contributed by atoms with Crippen LogP contribution in [-0.4, -0.2) is 24.2 Å². The summed E-state index contributed by atoms with van der Waals surface area (Å²) in [5, 5.41) is 12.2. The highest BCUT2D eigenvalue weighted by molar-refractivity contribution is 5.75. The van der Waals surface area contributed by atoms with Crippen LogP contribution in [0.3, 0.4) is 0 Å². The highest BCUT2D eigenvalue weighted by atomic mass is 15.5. The molecule has 0 atom stereocenters. The van der Waals surface area contributed by atoms with Gasteiger partial charge < -0.3 is 5.73 Å². The average Bonchev–Trinajstić information content (AvgIpc) is 1.97. The van der Waals surface area contributed by atoms with Crippen molar-refractivity contribution in [3.63, 3.8) is 0 Å². The van der Waals surface area contributed by atoms with Gasteiger partial charge in [0.05, 0.1) is 0 Å². The lowest BCUT2D eigenvalue weighted by Crippen LogP contribution is -2.28. The smallest absolute Gasteiger partial charge is 0.208 e. The third-order valence-electron chi connectivity index (χ3n) is 1.29. The van der Waals surface area contributed by atoms with E-state index in [1.54, 1.807) is 13.3 Å². The molecule has 0 aromatic carbocycles. The fourth-order valence-electron chi connectivity index (χ4n) is 0.538. The number of hydrogen-bond acceptors (Lipinski definition) is 2. The third-order valence-corrected chi connectivity index (χ3v) is 1.29. The Morgan fingerprint density at radius 1 is 1.73 bits per heavy atom. The van der Waals surface area contributed by atoms with Gasteiger partial charge in [-0.1, -0.05) is 13.3 Å². The Balaban J connectivity index is 3.48. The first-order valence-electron chi connectivity index (χ1n) is 3.78. The maximum absolute atomic E-state index is 6.97. The molecule has 0 amide bonds. The molecule has 0 aliphatic rings. The SMILES string of the molecule is CCCCC=NN(C)C(=N)N. The normalized spacial score (nSPS) is 10.4. The summed E-state index contributed by atoms with van der Waals surface area (Å²) < 4.78 is 0. The summed E-state index contributed by atoms with van der Waals surface area (Å²) in [7, 11) is 1.66. The van der Waals surface area contributed by atoms with E-state index in [1.165, 1.54) is 5.01 Å². The lowest BCUT2D eigenvalue weighted by Gasteiger charge is -2.07. The van der Waals surface area contributed by atoms with E-state index in [1.807, 2.05) is 0 Å². The molecule has 11 heavy (non-hydrogen) atoms. The molecule has 0 bridgehead atoms. The molecule has 0 aliphatic carbocycles. The van der Waals surface area contributed by atoms with Gasteiger partial charge >= 0.3 is 0 Å². The van der Waals surface area contributed by atoms with E-state index in [0.29, 0.717) is 0 Å². The van der Waals surface area contributed by atoms with E-state index < -0.39 is 0 Å². The fraction of sp³-hybridized carbons (Fsp3) is 0.714. The zero-order valence-corrected chi connectivity index (χ0v) is 7.17. The molecule has 0 spiro atoms. The van der Waals surface area contributed by atoms with E-state index in [4.69, 9.17) is 11.1 Å². The highest BCUT2D eigenvalue weighted by Gasteiger charge is 1.91. The van der Waals surface area contributed by atoms with E-state index >= 15 is 0 Å². The number of guanidine groups is 1. The van der Waals surface area contributed by atoms with E-state index in [2.05, 4.69) is 12.0 Å². The summed E-state index contributed by atoms with van der Waals surface area (Å²) in [4.78, 5) is 0. The van der Waals surface area contributed by atoms with E-state index in [0.717, 1.165) is 19.3 Å². The van der Waals surface area contributed by atoms with Crippen LogP contribution >= 0.6 is 0 Å². The van der Waals surface area contributed by atoms with Gasteiger partial charge in [-0.2, -0.15) is 5.10 Å². The maximum atomic E-state index is 6.97. The molecule has 4 nitrogen and oxygen atoms in total. The van der Waals surface area contributed by atoms with Crippen LogP contribution in [0.4, 0.5) is 0 Å². The largest absolute Gasteiger partial charge is 0.369 e. The second kappa shape index (κ2) is 5.70. The second-order valence-corrected chi connectivity index (χ2v) is 2.35. The Morgan fingerprint density at radius 2 is 2.36 bits per heavy atom. The van der Waals surface area contributed by atoms with Crippen molar-refractivity contribution in [2.75, 3.05) is 7.05 Å². The molecular formula is C7H16N4. The van der Waals surface area contributed by atoms with Crippen molar-refractivity contribution >= 4 is 12.2 Å². The minimum absolute atomic E-state index is 0.0299. The molecule has 0 saturated heterocycles. The van der Waals surface area contributed by atoms with Crippen LogP contribution in [0.5, 0.6) is 0 Å². The molecular weight excluding hydrogens is 140 g/mol. The van der Waals surface area contributed by atoms with Crippen LogP contribution < -0.4 is 5.73 Å². The van der Waals surface area contributed by atoms with Crippen molar-refractivity contribution in [2.45, 2.75) is 26.2 Å².